The van der Waals surface area contributed by atoms with Crippen molar-refractivity contribution < 1.29 is 48.7 Å². The van der Waals surface area contributed by atoms with Gasteiger partial charge in [0.2, 0.25) is 5.28 Å². The molecule has 36 heavy (non-hydrogen) atoms. The van der Waals surface area contributed by atoms with E-state index in [0.29, 0.717) is 17.0 Å². The maximum atomic E-state index is 11.9. The lowest BCUT2D eigenvalue weighted by Crippen LogP contribution is -2.48. The standard InChI is InChI=1S/C20H28ClN4O10P/c1-33-9-20(18(28)29,36(30,31)32)34-8-13-14(26)15(27)16(35-13)11-6-7-12-17(22-10-4-2-3-5-10)23-19(21)24-25(11)12/h6-7,10,13-16,26-27H,2-5,8-9H2,1H3,(H,28,29)(H,22,23,24)(H2,30,31,32)/t13-,14-,15-,16-,20?/m1/s1. The number of carboxylic acid groups (broad SMARTS) is 1. The Kier molecular flexibility index (Phi) is 7.91. The van der Waals surface area contributed by atoms with Crippen molar-refractivity contribution in [3.63, 3.8) is 0 Å². The predicted molar refractivity (Wildman–Crippen MR) is 124 cm³/mol. The van der Waals surface area contributed by atoms with Gasteiger partial charge < -0.3 is 44.6 Å². The van der Waals surface area contributed by atoms with E-state index >= 15 is 0 Å². The minimum absolute atomic E-state index is 0.0548. The maximum Gasteiger partial charge on any atom is 0.371 e. The van der Waals surface area contributed by atoms with Crippen molar-refractivity contribution in [1.82, 2.24) is 14.6 Å². The Hall–Kier alpha value is -1.87. The van der Waals surface area contributed by atoms with Gasteiger partial charge in [-0.3, -0.25) is 4.57 Å². The molecular formula is C20H28ClN4O10P. The lowest BCUT2D eigenvalue weighted by atomic mass is 10.1. The second-order valence-corrected chi connectivity index (χ2v) is 11.0. The molecule has 16 heteroatoms. The van der Waals surface area contributed by atoms with Crippen LogP contribution < -0.4 is 5.32 Å². The number of hydrogen-bond donors (Lipinski definition) is 6. The molecule has 2 aromatic heterocycles. The zero-order valence-corrected chi connectivity index (χ0v) is 20.9. The number of nitrogens with zero attached hydrogens (tertiary/aromatic N) is 3. The molecule has 0 amide bonds. The summed E-state index contributed by atoms with van der Waals surface area (Å²) < 4.78 is 28.9. The highest BCUT2D eigenvalue weighted by atomic mass is 35.5. The molecule has 1 aliphatic heterocycles. The van der Waals surface area contributed by atoms with Crippen molar-refractivity contribution in [1.29, 1.82) is 0 Å². The summed E-state index contributed by atoms with van der Waals surface area (Å²) in [5.41, 5.74) is 0.895. The molecule has 2 fully saturated rings. The van der Waals surface area contributed by atoms with Crippen LogP contribution in [0.2, 0.25) is 5.28 Å². The first-order valence-corrected chi connectivity index (χ1v) is 13.2. The number of aliphatic hydroxyl groups excluding tert-OH is 2. The number of methoxy groups -OCH3 is 1. The number of aliphatic hydroxyl groups is 2. The van der Waals surface area contributed by atoms with E-state index in [0.717, 1.165) is 32.8 Å². The summed E-state index contributed by atoms with van der Waals surface area (Å²) >= 11 is 6.14. The van der Waals surface area contributed by atoms with Crippen LogP contribution >= 0.6 is 19.2 Å². The summed E-state index contributed by atoms with van der Waals surface area (Å²) in [6, 6.07) is 3.56. The molecule has 200 valence electrons. The van der Waals surface area contributed by atoms with E-state index in [1.165, 1.54) is 4.52 Å². The van der Waals surface area contributed by atoms with Gasteiger partial charge in [-0.15, -0.1) is 5.10 Å². The number of aliphatic carboxylic acids is 1. The SMILES string of the molecule is COCC(OC[C@H]1O[C@H](c2ccc3c(NC4CCCC4)nc(Cl)nn23)[C@H](O)[C@@H]1O)(C(=O)O)P(=O)(O)O. The van der Waals surface area contributed by atoms with E-state index in [1.807, 2.05) is 0 Å². The van der Waals surface area contributed by atoms with Crippen LogP contribution in [-0.4, -0.2) is 95.7 Å². The third kappa shape index (κ3) is 4.97. The molecule has 0 aromatic carbocycles. The predicted octanol–water partition coefficient (Wildman–Crippen LogP) is 0.520. The molecule has 0 radical (unpaired) electrons. The van der Waals surface area contributed by atoms with Gasteiger partial charge in [-0.05, 0) is 36.6 Å². The van der Waals surface area contributed by atoms with Gasteiger partial charge in [0.1, 0.15) is 29.9 Å². The zero-order chi connectivity index (χ0) is 26.3. The van der Waals surface area contributed by atoms with Crippen LogP contribution in [0.15, 0.2) is 12.1 Å². The summed E-state index contributed by atoms with van der Waals surface area (Å²) in [7, 11) is -4.33. The Morgan fingerprint density at radius 3 is 2.61 bits per heavy atom. The van der Waals surface area contributed by atoms with Gasteiger partial charge in [-0.2, -0.15) is 4.98 Å². The molecule has 0 spiro atoms. The second-order valence-electron chi connectivity index (χ2n) is 8.86. The van der Waals surface area contributed by atoms with Gasteiger partial charge in [0.15, 0.2) is 5.82 Å². The first-order valence-electron chi connectivity index (χ1n) is 11.2. The monoisotopic (exact) mass is 550 g/mol. The van der Waals surface area contributed by atoms with E-state index < -0.39 is 56.5 Å². The van der Waals surface area contributed by atoms with Crippen molar-refractivity contribution in [3.05, 3.63) is 23.1 Å². The van der Waals surface area contributed by atoms with E-state index in [9.17, 15) is 34.5 Å². The Morgan fingerprint density at radius 1 is 1.31 bits per heavy atom. The normalized spacial score (nSPS) is 26.9. The number of fused-ring (bicyclic) bond motifs is 1. The molecule has 5 atom stereocenters. The quantitative estimate of drug-likeness (QED) is 0.223. The van der Waals surface area contributed by atoms with E-state index in [2.05, 4.69) is 20.1 Å². The van der Waals surface area contributed by atoms with Crippen molar-refractivity contribution in [2.75, 3.05) is 25.6 Å². The van der Waals surface area contributed by atoms with Crippen LogP contribution in [0.5, 0.6) is 0 Å². The van der Waals surface area contributed by atoms with E-state index in [4.69, 9.17) is 21.1 Å². The van der Waals surface area contributed by atoms with Crippen LogP contribution in [-0.2, 0) is 23.6 Å². The van der Waals surface area contributed by atoms with Gasteiger partial charge in [-0.1, -0.05) is 12.8 Å². The number of carbonyl (C=O) groups is 1. The molecular weight excluding hydrogens is 523 g/mol. The molecule has 4 rings (SSSR count). The smallest absolute Gasteiger partial charge is 0.371 e. The van der Waals surface area contributed by atoms with Crippen LogP contribution in [0.4, 0.5) is 5.82 Å². The fourth-order valence-electron chi connectivity index (χ4n) is 4.58. The summed E-state index contributed by atoms with van der Waals surface area (Å²) in [5, 5.41) is 35.2. The van der Waals surface area contributed by atoms with Crippen LogP contribution in [0.25, 0.3) is 5.52 Å². The topological polar surface area (TPSA) is 205 Å². The highest BCUT2D eigenvalue weighted by Gasteiger charge is 2.57. The number of carboxylic acids is 1. The van der Waals surface area contributed by atoms with Crippen molar-refractivity contribution in [2.45, 2.75) is 61.5 Å². The maximum absolute atomic E-state index is 11.9. The number of aromatic nitrogens is 3. The molecule has 1 unspecified atom stereocenters. The van der Waals surface area contributed by atoms with Crippen LogP contribution in [0.1, 0.15) is 37.5 Å². The Bertz CT molecular complexity index is 1150. The molecule has 1 saturated carbocycles. The number of hydrogen-bond acceptors (Lipinski definition) is 10. The minimum atomic E-state index is -5.38. The summed E-state index contributed by atoms with van der Waals surface area (Å²) in [4.78, 5) is 35.2. The first-order chi connectivity index (χ1) is 17.0. The van der Waals surface area contributed by atoms with Crippen LogP contribution in [0, 0.1) is 0 Å². The highest BCUT2D eigenvalue weighted by Crippen LogP contribution is 2.52. The van der Waals surface area contributed by atoms with E-state index in [-0.39, 0.29) is 11.3 Å². The molecule has 3 heterocycles. The van der Waals surface area contributed by atoms with Gasteiger partial charge in [0.25, 0.3) is 5.34 Å². The Balaban J connectivity index is 1.57. The number of halogens is 1. The largest absolute Gasteiger partial charge is 0.479 e. The second kappa shape index (κ2) is 10.5. The fraction of sp³-hybridized carbons (Fsp3) is 0.650. The third-order valence-electron chi connectivity index (χ3n) is 6.49. The van der Waals surface area contributed by atoms with Crippen molar-refractivity contribution in [2.24, 2.45) is 0 Å². The summed E-state index contributed by atoms with van der Waals surface area (Å²) in [6.45, 7) is -1.72. The number of anilines is 1. The van der Waals surface area contributed by atoms with Gasteiger partial charge in [-0.25, -0.2) is 9.31 Å². The molecule has 0 bridgehead atoms. The van der Waals surface area contributed by atoms with Crippen LogP contribution in [0.3, 0.4) is 0 Å². The third-order valence-corrected chi connectivity index (χ3v) is 8.05. The van der Waals surface area contributed by atoms with Gasteiger partial charge >= 0.3 is 13.6 Å². The fourth-order valence-corrected chi connectivity index (χ4v) is 5.53. The van der Waals surface area contributed by atoms with E-state index in [1.54, 1.807) is 12.1 Å². The van der Waals surface area contributed by atoms with Gasteiger partial charge in [0, 0.05) is 13.2 Å². The molecule has 14 nitrogen and oxygen atoms in total. The zero-order valence-electron chi connectivity index (χ0n) is 19.2. The number of nitrogens with one attached hydrogen (secondary N) is 1. The highest BCUT2D eigenvalue weighted by molar-refractivity contribution is 7.54. The number of ether oxygens (including phenoxy) is 3. The number of rotatable bonds is 10. The molecule has 6 N–H and O–H groups in total. The first kappa shape index (κ1) is 27.2. The molecule has 1 aliphatic carbocycles. The Morgan fingerprint density at radius 2 is 2.00 bits per heavy atom. The van der Waals surface area contributed by atoms with Gasteiger partial charge in [0.05, 0.1) is 18.9 Å². The molecule has 2 aromatic rings. The minimum Gasteiger partial charge on any atom is -0.479 e. The molecule has 2 aliphatic rings. The summed E-state index contributed by atoms with van der Waals surface area (Å²) in [6.07, 6.45) is -1.32. The van der Waals surface area contributed by atoms with Crippen molar-refractivity contribution in [3.8, 4) is 0 Å². The lowest BCUT2D eigenvalue weighted by molar-refractivity contribution is -0.168. The Labute approximate surface area is 210 Å². The molecule has 1 saturated heterocycles. The lowest BCUT2D eigenvalue weighted by Gasteiger charge is -2.30. The average Bonchev–Trinajstić information content (AvgIpc) is 3.52. The van der Waals surface area contributed by atoms with Crippen molar-refractivity contribution >= 4 is 36.5 Å². The summed E-state index contributed by atoms with van der Waals surface area (Å²) in [5.74, 6) is -1.44. The average molecular weight is 551 g/mol.